The maximum absolute atomic E-state index is 10.5. The summed E-state index contributed by atoms with van der Waals surface area (Å²) in [5, 5.41) is 16.6. The number of anilines is 1. The Morgan fingerprint density at radius 3 is 3.00 bits per heavy atom. The second-order valence-electron chi connectivity index (χ2n) is 5.01. The van der Waals surface area contributed by atoms with Gasteiger partial charge in [-0.2, -0.15) is 0 Å². The van der Waals surface area contributed by atoms with Gasteiger partial charge in [0.15, 0.2) is 5.82 Å². The molecule has 21 heavy (non-hydrogen) atoms. The molecule has 0 bridgehead atoms. The van der Waals surface area contributed by atoms with E-state index in [1.54, 1.807) is 12.5 Å². The molecule has 1 aliphatic rings. The molecular weight excluding hydrogens is 274 g/mol. The Balaban J connectivity index is 1.58. The van der Waals surface area contributed by atoms with Gasteiger partial charge in [-0.25, -0.2) is 4.98 Å². The number of rotatable bonds is 5. The number of piperidine rings is 1. The lowest BCUT2D eigenvalue weighted by molar-refractivity contribution is -0.138. The smallest absolute Gasteiger partial charge is 0.305 e. The average molecular weight is 291 g/mol. The molecule has 0 amide bonds. The molecule has 0 aliphatic carbocycles. The van der Waals surface area contributed by atoms with Gasteiger partial charge >= 0.3 is 5.97 Å². The van der Waals surface area contributed by atoms with Crippen molar-refractivity contribution < 1.29 is 14.6 Å². The molecule has 1 fully saturated rings. The quantitative estimate of drug-likeness (QED) is 0.861. The van der Waals surface area contributed by atoms with Crippen molar-refractivity contribution in [3.8, 4) is 0 Å². The fourth-order valence-electron chi connectivity index (χ4n) is 2.52. The van der Waals surface area contributed by atoms with E-state index < -0.39 is 5.97 Å². The topological polar surface area (TPSA) is 92.9 Å². The maximum atomic E-state index is 10.5. The molecule has 8 nitrogen and oxygen atoms in total. The molecule has 112 valence electrons. The van der Waals surface area contributed by atoms with Crippen molar-refractivity contribution in [1.29, 1.82) is 0 Å². The lowest BCUT2D eigenvalue weighted by Gasteiger charge is -2.32. The summed E-state index contributed by atoms with van der Waals surface area (Å²) >= 11 is 0. The van der Waals surface area contributed by atoms with Gasteiger partial charge in [-0.15, -0.1) is 10.2 Å². The molecule has 0 saturated carbocycles. The summed E-state index contributed by atoms with van der Waals surface area (Å²) in [6, 6.07) is 0. The standard InChI is InChI=1S/C13H17N5O3/c19-11(20)3-8-21-10-1-5-17(6-2-10)12-13-16-15-9-18(13)7-4-14-12/h4,7,9-10H,1-3,5-6,8H2,(H,19,20). The van der Waals surface area contributed by atoms with Crippen molar-refractivity contribution in [2.75, 3.05) is 24.6 Å². The summed E-state index contributed by atoms with van der Waals surface area (Å²) in [4.78, 5) is 17.0. The predicted octanol–water partition coefficient (Wildman–Crippen LogP) is 0.584. The van der Waals surface area contributed by atoms with Crippen LogP contribution in [0.4, 0.5) is 5.82 Å². The van der Waals surface area contributed by atoms with Gasteiger partial charge in [0.1, 0.15) is 6.33 Å². The van der Waals surface area contributed by atoms with E-state index >= 15 is 0 Å². The van der Waals surface area contributed by atoms with E-state index in [2.05, 4.69) is 20.1 Å². The van der Waals surface area contributed by atoms with Crippen molar-refractivity contribution >= 4 is 17.4 Å². The summed E-state index contributed by atoms with van der Waals surface area (Å²) in [6.07, 6.45) is 7.11. The Morgan fingerprint density at radius 1 is 1.43 bits per heavy atom. The minimum absolute atomic E-state index is 0.0564. The van der Waals surface area contributed by atoms with Crippen LogP contribution in [0.5, 0.6) is 0 Å². The maximum Gasteiger partial charge on any atom is 0.305 e. The Bertz CT molecular complexity index is 621. The van der Waals surface area contributed by atoms with Crippen LogP contribution in [0.25, 0.3) is 5.65 Å². The zero-order chi connectivity index (χ0) is 14.7. The van der Waals surface area contributed by atoms with Crippen LogP contribution in [-0.4, -0.2) is 56.5 Å². The van der Waals surface area contributed by atoms with E-state index in [9.17, 15) is 4.79 Å². The van der Waals surface area contributed by atoms with Gasteiger partial charge in [0.25, 0.3) is 0 Å². The molecule has 0 atom stereocenters. The number of carbonyl (C=O) groups is 1. The minimum Gasteiger partial charge on any atom is -0.481 e. The van der Waals surface area contributed by atoms with Crippen molar-refractivity contribution in [1.82, 2.24) is 19.6 Å². The Kier molecular flexibility index (Phi) is 3.96. The highest BCUT2D eigenvalue weighted by Crippen LogP contribution is 2.22. The number of fused-ring (bicyclic) bond motifs is 1. The third-order valence-corrected chi connectivity index (χ3v) is 3.61. The van der Waals surface area contributed by atoms with Crippen LogP contribution in [-0.2, 0) is 9.53 Å². The summed E-state index contributed by atoms with van der Waals surface area (Å²) in [5.41, 5.74) is 0.753. The number of hydrogen-bond donors (Lipinski definition) is 1. The molecule has 0 radical (unpaired) electrons. The second-order valence-corrected chi connectivity index (χ2v) is 5.01. The molecule has 8 heteroatoms. The molecule has 0 spiro atoms. The zero-order valence-electron chi connectivity index (χ0n) is 11.6. The normalized spacial score (nSPS) is 16.5. The number of carboxylic acids is 1. The van der Waals surface area contributed by atoms with Gasteiger partial charge in [-0.3, -0.25) is 9.20 Å². The zero-order valence-corrected chi connectivity index (χ0v) is 11.6. The van der Waals surface area contributed by atoms with Gasteiger partial charge in [0, 0.05) is 25.5 Å². The number of ether oxygens (including phenoxy) is 1. The second kappa shape index (κ2) is 6.04. The Hall–Kier alpha value is -2.22. The summed E-state index contributed by atoms with van der Waals surface area (Å²) in [5.74, 6) is 0.00843. The van der Waals surface area contributed by atoms with E-state index in [1.165, 1.54) is 0 Å². The minimum atomic E-state index is -0.824. The van der Waals surface area contributed by atoms with Gasteiger partial charge in [-0.05, 0) is 12.8 Å². The van der Waals surface area contributed by atoms with Crippen molar-refractivity contribution in [3.05, 3.63) is 18.7 Å². The molecular formula is C13H17N5O3. The summed E-state index contributed by atoms with van der Waals surface area (Å²) < 4.78 is 7.43. The Labute approximate surface area is 121 Å². The van der Waals surface area contributed by atoms with Crippen molar-refractivity contribution in [2.24, 2.45) is 0 Å². The monoisotopic (exact) mass is 291 g/mol. The van der Waals surface area contributed by atoms with Crippen LogP contribution in [0.2, 0.25) is 0 Å². The van der Waals surface area contributed by atoms with E-state index in [-0.39, 0.29) is 19.1 Å². The van der Waals surface area contributed by atoms with Crippen LogP contribution in [0.1, 0.15) is 19.3 Å². The third-order valence-electron chi connectivity index (χ3n) is 3.61. The molecule has 0 aromatic carbocycles. The molecule has 3 rings (SSSR count). The highest BCUT2D eigenvalue weighted by atomic mass is 16.5. The van der Waals surface area contributed by atoms with Crippen LogP contribution in [0.15, 0.2) is 18.7 Å². The predicted molar refractivity (Wildman–Crippen MR) is 74.2 cm³/mol. The third kappa shape index (κ3) is 3.10. The van der Waals surface area contributed by atoms with Crippen molar-refractivity contribution in [3.63, 3.8) is 0 Å². The largest absolute Gasteiger partial charge is 0.481 e. The van der Waals surface area contributed by atoms with E-state index in [4.69, 9.17) is 9.84 Å². The first-order chi connectivity index (χ1) is 10.2. The SMILES string of the molecule is O=C(O)CCOC1CCN(c2nccn3cnnc23)CC1. The first-order valence-corrected chi connectivity index (χ1v) is 6.97. The number of carboxylic acid groups (broad SMARTS) is 1. The van der Waals surface area contributed by atoms with Crippen molar-refractivity contribution in [2.45, 2.75) is 25.4 Å². The fourth-order valence-corrected chi connectivity index (χ4v) is 2.52. The van der Waals surface area contributed by atoms with Crippen LogP contribution in [0, 0.1) is 0 Å². The van der Waals surface area contributed by atoms with Gasteiger partial charge < -0.3 is 14.7 Å². The highest BCUT2D eigenvalue weighted by Gasteiger charge is 2.22. The lowest BCUT2D eigenvalue weighted by atomic mass is 10.1. The number of aromatic nitrogens is 4. The Morgan fingerprint density at radius 2 is 2.24 bits per heavy atom. The average Bonchev–Trinajstić information content (AvgIpc) is 2.96. The summed E-state index contributed by atoms with van der Waals surface area (Å²) in [7, 11) is 0. The molecule has 1 saturated heterocycles. The molecule has 0 unspecified atom stereocenters. The number of nitrogens with zero attached hydrogens (tertiary/aromatic N) is 5. The van der Waals surface area contributed by atoms with E-state index in [0.29, 0.717) is 0 Å². The molecule has 1 aliphatic heterocycles. The van der Waals surface area contributed by atoms with Gasteiger partial charge in [0.2, 0.25) is 5.65 Å². The first-order valence-electron chi connectivity index (χ1n) is 6.97. The molecule has 2 aromatic rings. The molecule has 3 heterocycles. The first kappa shape index (κ1) is 13.7. The van der Waals surface area contributed by atoms with E-state index in [0.717, 1.165) is 37.4 Å². The number of aliphatic carboxylic acids is 1. The highest BCUT2D eigenvalue weighted by molar-refractivity contribution is 5.66. The number of hydrogen-bond acceptors (Lipinski definition) is 6. The van der Waals surface area contributed by atoms with Crippen LogP contribution >= 0.6 is 0 Å². The molecule has 2 aromatic heterocycles. The lowest BCUT2D eigenvalue weighted by Crippen LogP contribution is -2.38. The fraction of sp³-hybridized carbons (Fsp3) is 0.538. The van der Waals surface area contributed by atoms with Crippen LogP contribution < -0.4 is 4.90 Å². The van der Waals surface area contributed by atoms with Gasteiger partial charge in [-0.1, -0.05) is 0 Å². The summed E-state index contributed by atoms with van der Waals surface area (Å²) in [6.45, 7) is 1.91. The molecule has 1 N–H and O–H groups in total. The van der Waals surface area contributed by atoms with Gasteiger partial charge in [0.05, 0.1) is 19.1 Å². The van der Waals surface area contributed by atoms with Crippen LogP contribution in [0.3, 0.4) is 0 Å². The van der Waals surface area contributed by atoms with E-state index in [1.807, 2.05) is 10.6 Å².